The molecule has 1 aliphatic carbocycles. The SMILES string of the molecule is COc1cccc([C@@H](CN2CCCC2)NC(=O)C2(c3ccc4oc(=O)[nH]c4c3)CC2)c1. The van der Waals surface area contributed by atoms with E-state index in [1.165, 1.54) is 12.8 Å². The van der Waals surface area contributed by atoms with Crippen LogP contribution < -0.4 is 15.8 Å². The lowest BCUT2D eigenvalue weighted by molar-refractivity contribution is -0.124. The molecule has 7 heteroatoms. The molecule has 1 amide bonds. The molecule has 162 valence electrons. The van der Waals surface area contributed by atoms with Crippen molar-refractivity contribution in [2.75, 3.05) is 26.7 Å². The van der Waals surface area contributed by atoms with Crippen LogP contribution in [0.4, 0.5) is 0 Å². The van der Waals surface area contributed by atoms with E-state index in [1.807, 2.05) is 36.4 Å². The maximum absolute atomic E-state index is 13.5. The second kappa shape index (κ2) is 7.89. The molecule has 7 nitrogen and oxygen atoms in total. The fraction of sp³-hybridized carbons (Fsp3) is 0.417. The van der Waals surface area contributed by atoms with Gasteiger partial charge in [-0.25, -0.2) is 4.79 Å². The summed E-state index contributed by atoms with van der Waals surface area (Å²) in [6, 6.07) is 13.3. The normalized spacial score (nSPS) is 18.7. The van der Waals surface area contributed by atoms with Crippen LogP contribution >= 0.6 is 0 Å². The number of fused-ring (bicyclic) bond motifs is 1. The van der Waals surface area contributed by atoms with Crippen molar-refractivity contribution in [2.24, 2.45) is 0 Å². The smallest absolute Gasteiger partial charge is 0.417 e. The van der Waals surface area contributed by atoms with Gasteiger partial charge >= 0.3 is 5.76 Å². The summed E-state index contributed by atoms with van der Waals surface area (Å²) in [5, 5.41) is 3.33. The highest BCUT2D eigenvalue weighted by atomic mass is 16.5. The summed E-state index contributed by atoms with van der Waals surface area (Å²) in [4.78, 5) is 30.1. The van der Waals surface area contributed by atoms with E-state index in [2.05, 4.69) is 15.2 Å². The summed E-state index contributed by atoms with van der Waals surface area (Å²) in [5.74, 6) is 0.337. The molecule has 2 fully saturated rings. The van der Waals surface area contributed by atoms with E-state index >= 15 is 0 Å². The lowest BCUT2D eigenvalue weighted by atomic mass is 9.93. The van der Waals surface area contributed by atoms with Crippen LogP contribution in [0.25, 0.3) is 11.1 Å². The van der Waals surface area contributed by atoms with Gasteiger partial charge in [-0.05, 0) is 74.2 Å². The van der Waals surface area contributed by atoms with E-state index in [0.29, 0.717) is 11.1 Å². The van der Waals surface area contributed by atoms with Crippen LogP contribution in [0.3, 0.4) is 0 Å². The Kier molecular flexibility index (Phi) is 5.06. The zero-order chi connectivity index (χ0) is 21.4. The number of H-pyrrole nitrogens is 1. The molecule has 0 unspecified atom stereocenters. The molecule has 2 heterocycles. The minimum Gasteiger partial charge on any atom is -0.497 e. The number of benzene rings is 2. The number of ether oxygens (including phenoxy) is 1. The molecule has 0 bridgehead atoms. The first-order valence-corrected chi connectivity index (χ1v) is 10.9. The fourth-order valence-electron chi connectivity index (χ4n) is 4.63. The van der Waals surface area contributed by atoms with Gasteiger partial charge in [0, 0.05) is 6.54 Å². The Morgan fingerprint density at radius 1 is 1.23 bits per heavy atom. The molecule has 2 N–H and O–H groups in total. The molecule has 31 heavy (non-hydrogen) atoms. The summed E-state index contributed by atoms with van der Waals surface area (Å²) in [5.41, 5.74) is 2.55. The quantitative estimate of drug-likeness (QED) is 0.612. The lowest BCUT2D eigenvalue weighted by Crippen LogP contribution is -2.41. The van der Waals surface area contributed by atoms with Gasteiger partial charge in [-0.1, -0.05) is 18.2 Å². The molecule has 2 aromatic carbocycles. The number of hydrogen-bond acceptors (Lipinski definition) is 5. The van der Waals surface area contributed by atoms with Crippen molar-refractivity contribution in [1.82, 2.24) is 15.2 Å². The number of carbonyl (C=O) groups excluding carboxylic acids is 1. The third-order valence-corrected chi connectivity index (χ3v) is 6.60. The number of aromatic nitrogens is 1. The van der Waals surface area contributed by atoms with E-state index in [9.17, 15) is 9.59 Å². The second-order valence-corrected chi connectivity index (χ2v) is 8.62. The zero-order valence-corrected chi connectivity index (χ0v) is 17.6. The second-order valence-electron chi connectivity index (χ2n) is 8.62. The topological polar surface area (TPSA) is 87.6 Å². The molecule has 1 aromatic heterocycles. The van der Waals surface area contributed by atoms with Crippen LogP contribution in [0.2, 0.25) is 0 Å². The van der Waals surface area contributed by atoms with Crippen LogP contribution in [-0.4, -0.2) is 42.5 Å². The predicted molar refractivity (Wildman–Crippen MR) is 117 cm³/mol. The minimum absolute atomic E-state index is 0.0321. The van der Waals surface area contributed by atoms with Crippen molar-refractivity contribution in [3.8, 4) is 5.75 Å². The van der Waals surface area contributed by atoms with Crippen molar-refractivity contribution in [2.45, 2.75) is 37.1 Å². The van der Waals surface area contributed by atoms with E-state index in [1.54, 1.807) is 13.2 Å². The Balaban J connectivity index is 1.41. The van der Waals surface area contributed by atoms with Gasteiger partial charge in [0.1, 0.15) is 5.75 Å². The van der Waals surface area contributed by atoms with Gasteiger partial charge in [0.05, 0.1) is 24.1 Å². The van der Waals surface area contributed by atoms with E-state index < -0.39 is 11.2 Å². The largest absolute Gasteiger partial charge is 0.497 e. The average molecular weight is 421 g/mol. The third kappa shape index (κ3) is 3.85. The van der Waals surface area contributed by atoms with Gasteiger partial charge in [-0.3, -0.25) is 9.78 Å². The van der Waals surface area contributed by atoms with Crippen LogP contribution in [0.15, 0.2) is 51.7 Å². The Bertz CT molecular complexity index is 1150. The molecular weight excluding hydrogens is 394 g/mol. The maximum Gasteiger partial charge on any atom is 0.417 e. The predicted octanol–water partition coefficient (Wildman–Crippen LogP) is 3.11. The first-order chi connectivity index (χ1) is 15.1. The minimum atomic E-state index is -0.551. The van der Waals surface area contributed by atoms with Crippen molar-refractivity contribution in [3.05, 3.63) is 64.1 Å². The third-order valence-electron chi connectivity index (χ3n) is 6.60. The molecule has 5 rings (SSSR count). The average Bonchev–Trinajstić information content (AvgIpc) is 3.27. The van der Waals surface area contributed by atoms with Crippen LogP contribution in [-0.2, 0) is 10.2 Å². The van der Waals surface area contributed by atoms with Crippen LogP contribution in [0.1, 0.15) is 42.9 Å². The summed E-state index contributed by atoms with van der Waals surface area (Å²) in [7, 11) is 1.66. The number of nitrogens with zero attached hydrogens (tertiary/aromatic N) is 1. The summed E-state index contributed by atoms with van der Waals surface area (Å²) < 4.78 is 10.5. The Labute approximate surface area is 180 Å². The Morgan fingerprint density at radius 2 is 2.03 bits per heavy atom. The molecule has 3 aromatic rings. The monoisotopic (exact) mass is 421 g/mol. The molecular formula is C24H27N3O4. The number of likely N-dealkylation sites (tertiary alicyclic amines) is 1. The fourth-order valence-corrected chi connectivity index (χ4v) is 4.63. The van der Waals surface area contributed by atoms with Gasteiger partial charge in [-0.15, -0.1) is 0 Å². The highest BCUT2D eigenvalue weighted by Crippen LogP contribution is 2.49. The standard InChI is InChI=1S/C24H27N3O4/c1-30-18-6-4-5-16(13-18)20(15-27-11-2-3-12-27)25-22(28)24(9-10-24)17-7-8-21-19(14-17)26-23(29)31-21/h4-8,13-14,20H,2-3,9-12,15H2,1H3,(H,25,28)(H,26,29)/t20-/m1/s1. The number of rotatable bonds is 7. The highest BCUT2D eigenvalue weighted by molar-refractivity contribution is 5.92. The van der Waals surface area contributed by atoms with Crippen molar-refractivity contribution >= 4 is 17.0 Å². The molecule has 1 atom stereocenters. The number of aromatic amines is 1. The summed E-state index contributed by atoms with van der Waals surface area (Å²) in [6.07, 6.45) is 3.99. The number of nitrogens with one attached hydrogen (secondary N) is 2. The van der Waals surface area contributed by atoms with E-state index in [-0.39, 0.29) is 11.9 Å². The first kappa shape index (κ1) is 19.9. The summed E-state index contributed by atoms with van der Waals surface area (Å²) in [6.45, 7) is 2.90. The van der Waals surface area contributed by atoms with Crippen molar-refractivity contribution < 1.29 is 13.9 Å². The number of carbonyl (C=O) groups is 1. The van der Waals surface area contributed by atoms with E-state index in [0.717, 1.165) is 49.4 Å². The van der Waals surface area contributed by atoms with Crippen molar-refractivity contribution in [1.29, 1.82) is 0 Å². The molecule has 2 aliphatic rings. The maximum atomic E-state index is 13.5. The lowest BCUT2D eigenvalue weighted by Gasteiger charge is -2.27. The van der Waals surface area contributed by atoms with Gasteiger partial charge in [-0.2, -0.15) is 0 Å². The molecule has 1 saturated carbocycles. The van der Waals surface area contributed by atoms with Crippen LogP contribution in [0.5, 0.6) is 5.75 Å². The molecule has 1 saturated heterocycles. The van der Waals surface area contributed by atoms with Gasteiger partial charge < -0.3 is 19.4 Å². The number of methoxy groups -OCH3 is 1. The highest BCUT2D eigenvalue weighted by Gasteiger charge is 2.52. The van der Waals surface area contributed by atoms with Gasteiger partial charge in [0.15, 0.2) is 5.58 Å². The summed E-state index contributed by atoms with van der Waals surface area (Å²) >= 11 is 0. The molecule has 1 aliphatic heterocycles. The van der Waals surface area contributed by atoms with Crippen LogP contribution in [0, 0.1) is 0 Å². The van der Waals surface area contributed by atoms with Gasteiger partial charge in [0.2, 0.25) is 5.91 Å². The zero-order valence-electron chi connectivity index (χ0n) is 17.6. The first-order valence-electron chi connectivity index (χ1n) is 10.9. The molecule has 0 radical (unpaired) electrons. The molecule has 0 spiro atoms. The van der Waals surface area contributed by atoms with E-state index in [4.69, 9.17) is 9.15 Å². The van der Waals surface area contributed by atoms with Crippen molar-refractivity contribution in [3.63, 3.8) is 0 Å². The Hall–Kier alpha value is -3.06. The van der Waals surface area contributed by atoms with Gasteiger partial charge in [0.25, 0.3) is 0 Å². The Morgan fingerprint density at radius 3 is 2.77 bits per heavy atom. The number of amides is 1. The number of hydrogen-bond donors (Lipinski definition) is 2. The number of oxazole rings is 1.